The molecule has 0 unspecified atom stereocenters. The average molecular weight is 325 g/mol. The number of nitrogens with zero attached hydrogens (tertiary/aromatic N) is 1. The maximum Gasteiger partial charge on any atom is 0.162 e. The van der Waals surface area contributed by atoms with E-state index in [0.717, 1.165) is 29.1 Å². The van der Waals surface area contributed by atoms with Gasteiger partial charge in [0.1, 0.15) is 5.75 Å². The van der Waals surface area contributed by atoms with Crippen molar-refractivity contribution in [2.24, 2.45) is 0 Å². The molecule has 4 heteroatoms. The molecule has 0 aliphatic rings. The van der Waals surface area contributed by atoms with Crippen molar-refractivity contribution in [2.45, 2.75) is 24.2 Å². The van der Waals surface area contributed by atoms with Gasteiger partial charge in [0.15, 0.2) is 5.78 Å². The van der Waals surface area contributed by atoms with Crippen LogP contribution in [0.3, 0.4) is 0 Å². The zero-order valence-electron chi connectivity index (χ0n) is 13.1. The lowest BCUT2D eigenvalue weighted by molar-refractivity contribution is 0.0977. The highest BCUT2D eigenvalue weighted by Gasteiger charge is 2.05. The molecular formula is C19H19NO2S. The Bertz CT molecular complexity index is 672. The van der Waals surface area contributed by atoms with Crippen LogP contribution in [0.15, 0.2) is 53.4 Å². The Morgan fingerprint density at radius 2 is 1.78 bits per heavy atom. The average Bonchev–Trinajstić information content (AvgIpc) is 2.62. The number of carbonyl (C=O) groups is 1. The Hall–Kier alpha value is -2.25. The van der Waals surface area contributed by atoms with E-state index in [0.29, 0.717) is 18.6 Å². The standard InChI is InChI=1S/C19H19NO2S/c1-23-18-11-7-16(8-12-18)19(21)4-2-3-13-22-17-9-5-15(14-20)6-10-17/h5-12H,2-4,13H2,1H3. The summed E-state index contributed by atoms with van der Waals surface area (Å²) < 4.78 is 5.60. The highest BCUT2D eigenvalue weighted by Crippen LogP contribution is 2.16. The molecule has 0 aromatic heterocycles. The van der Waals surface area contributed by atoms with Crippen LogP contribution in [0.2, 0.25) is 0 Å². The Kier molecular flexibility index (Phi) is 6.71. The number of rotatable bonds is 8. The second kappa shape index (κ2) is 9.02. The normalized spacial score (nSPS) is 10.1. The first-order valence-electron chi connectivity index (χ1n) is 7.53. The number of thioether (sulfide) groups is 1. The third kappa shape index (κ3) is 5.46. The summed E-state index contributed by atoms with van der Waals surface area (Å²) in [6.45, 7) is 0.574. The molecule has 0 amide bonds. The molecule has 0 radical (unpaired) electrons. The zero-order chi connectivity index (χ0) is 16.5. The predicted octanol–water partition coefficient (Wildman–Crippen LogP) is 4.71. The number of benzene rings is 2. The lowest BCUT2D eigenvalue weighted by Crippen LogP contribution is -2.02. The summed E-state index contributed by atoms with van der Waals surface area (Å²) >= 11 is 1.67. The van der Waals surface area contributed by atoms with Crippen LogP contribution in [0.1, 0.15) is 35.2 Å². The van der Waals surface area contributed by atoms with Crippen LogP contribution in [0, 0.1) is 11.3 Å². The van der Waals surface area contributed by atoms with E-state index in [2.05, 4.69) is 6.07 Å². The minimum Gasteiger partial charge on any atom is -0.494 e. The predicted molar refractivity (Wildman–Crippen MR) is 93.1 cm³/mol. The van der Waals surface area contributed by atoms with Crippen LogP contribution in [0.4, 0.5) is 0 Å². The first kappa shape index (κ1) is 17.1. The van der Waals surface area contributed by atoms with Gasteiger partial charge in [-0.05, 0) is 55.5 Å². The first-order chi connectivity index (χ1) is 11.2. The van der Waals surface area contributed by atoms with E-state index in [4.69, 9.17) is 10.00 Å². The largest absolute Gasteiger partial charge is 0.494 e. The van der Waals surface area contributed by atoms with Crippen molar-refractivity contribution in [3.05, 3.63) is 59.7 Å². The molecule has 0 bridgehead atoms. The highest BCUT2D eigenvalue weighted by molar-refractivity contribution is 7.98. The van der Waals surface area contributed by atoms with Crippen LogP contribution < -0.4 is 4.74 Å². The molecule has 0 N–H and O–H groups in total. The van der Waals surface area contributed by atoms with Crippen molar-refractivity contribution in [2.75, 3.05) is 12.9 Å². The maximum atomic E-state index is 12.1. The molecule has 0 saturated heterocycles. The van der Waals surface area contributed by atoms with Crippen LogP contribution in [-0.4, -0.2) is 18.6 Å². The third-order valence-corrected chi connectivity index (χ3v) is 4.21. The van der Waals surface area contributed by atoms with E-state index in [1.807, 2.05) is 30.5 Å². The van der Waals surface area contributed by atoms with Crippen molar-refractivity contribution in [1.29, 1.82) is 5.26 Å². The number of hydrogen-bond acceptors (Lipinski definition) is 4. The molecular weight excluding hydrogens is 306 g/mol. The first-order valence-corrected chi connectivity index (χ1v) is 8.75. The fourth-order valence-electron chi connectivity index (χ4n) is 2.12. The van der Waals surface area contributed by atoms with E-state index in [9.17, 15) is 4.79 Å². The van der Waals surface area contributed by atoms with E-state index in [1.54, 1.807) is 36.0 Å². The highest BCUT2D eigenvalue weighted by atomic mass is 32.2. The van der Waals surface area contributed by atoms with Crippen molar-refractivity contribution in [3.8, 4) is 11.8 Å². The van der Waals surface area contributed by atoms with E-state index >= 15 is 0 Å². The fraction of sp³-hybridized carbons (Fsp3) is 0.263. The van der Waals surface area contributed by atoms with Crippen LogP contribution in [-0.2, 0) is 0 Å². The number of ether oxygens (including phenoxy) is 1. The summed E-state index contributed by atoms with van der Waals surface area (Å²) in [6.07, 6.45) is 4.19. The molecule has 0 atom stereocenters. The summed E-state index contributed by atoms with van der Waals surface area (Å²) in [5.74, 6) is 0.930. The summed E-state index contributed by atoms with van der Waals surface area (Å²) in [5.41, 5.74) is 1.39. The fourth-order valence-corrected chi connectivity index (χ4v) is 2.53. The Morgan fingerprint density at radius 3 is 2.39 bits per heavy atom. The maximum absolute atomic E-state index is 12.1. The number of Topliss-reactive ketones (excluding diaryl/α,β-unsaturated/α-hetero) is 1. The quantitative estimate of drug-likeness (QED) is 0.400. The van der Waals surface area contributed by atoms with Gasteiger partial charge >= 0.3 is 0 Å². The molecule has 23 heavy (non-hydrogen) atoms. The minimum absolute atomic E-state index is 0.177. The second-order valence-electron chi connectivity index (χ2n) is 5.09. The molecule has 0 aliphatic heterocycles. The molecule has 0 heterocycles. The summed E-state index contributed by atoms with van der Waals surface area (Å²) in [4.78, 5) is 13.2. The zero-order valence-corrected chi connectivity index (χ0v) is 13.9. The molecule has 0 aliphatic carbocycles. The molecule has 2 rings (SSSR count). The van der Waals surface area contributed by atoms with Gasteiger partial charge in [-0.15, -0.1) is 11.8 Å². The Labute approximate surface area is 141 Å². The van der Waals surface area contributed by atoms with Crippen LogP contribution in [0.5, 0.6) is 5.75 Å². The summed E-state index contributed by atoms with van der Waals surface area (Å²) in [6, 6.07) is 16.9. The molecule has 0 fully saturated rings. The van der Waals surface area contributed by atoms with Crippen LogP contribution >= 0.6 is 11.8 Å². The molecule has 118 valence electrons. The lowest BCUT2D eigenvalue weighted by atomic mass is 10.1. The molecule has 2 aromatic rings. The Morgan fingerprint density at radius 1 is 1.09 bits per heavy atom. The van der Waals surface area contributed by atoms with Crippen molar-refractivity contribution in [3.63, 3.8) is 0 Å². The SMILES string of the molecule is CSc1ccc(C(=O)CCCCOc2ccc(C#N)cc2)cc1. The number of unbranched alkanes of at least 4 members (excludes halogenated alkanes) is 1. The van der Waals surface area contributed by atoms with Gasteiger partial charge in [0.2, 0.25) is 0 Å². The second-order valence-corrected chi connectivity index (χ2v) is 5.97. The topological polar surface area (TPSA) is 50.1 Å². The van der Waals surface area contributed by atoms with E-state index in [1.165, 1.54) is 0 Å². The number of carbonyl (C=O) groups excluding carboxylic acids is 1. The number of ketones is 1. The molecule has 0 saturated carbocycles. The molecule has 3 nitrogen and oxygen atoms in total. The van der Waals surface area contributed by atoms with Gasteiger partial charge in [-0.1, -0.05) is 12.1 Å². The van der Waals surface area contributed by atoms with Crippen molar-refractivity contribution < 1.29 is 9.53 Å². The Balaban J connectivity index is 1.68. The number of hydrogen-bond donors (Lipinski definition) is 0. The third-order valence-electron chi connectivity index (χ3n) is 3.46. The summed E-state index contributed by atoms with van der Waals surface area (Å²) in [7, 11) is 0. The molecule has 0 spiro atoms. The monoisotopic (exact) mass is 325 g/mol. The van der Waals surface area contributed by atoms with Crippen molar-refractivity contribution in [1.82, 2.24) is 0 Å². The van der Waals surface area contributed by atoms with Gasteiger partial charge in [0.05, 0.1) is 18.2 Å². The smallest absolute Gasteiger partial charge is 0.162 e. The molecule has 2 aromatic carbocycles. The van der Waals surface area contributed by atoms with Gasteiger partial charge in [-0.25, -0.2) is 0 Å². The minimum atomic E-state index is 0.177. The summed E-state index contributed by atoms with van der Waals surface area (Å²) in [5, 5.41) is 8.73. The number of nitriles is 1. The van der Waals surface area contributed by atoms with Gasteiger partial charge < -0.3 is 4.74 Å². The van der Waals surface area contributed by atoms with Crippen LogP contribution in [0.25, 0.3) is 0 Å². The van der Waals surface area contributed by atoms with Gasteiger partial charge in [-0.2, -0.15) is 5.26 Å². The van der Waals surface area contributed by atoms with E-state index in [-0.39, 0.29) is 5.78 Å². The van der Waals surface area contributed by atoms with Crippen molar-refractivity contribution >= 4 is 17.5 Å². The van der Waals surface area contributed by atoms with E-state index < -0.39 is 0 Å². The lowest BCUT2D eigenvalue weighted by Gasteiger charge is -2.06. The van der Waals surface area contributed by atoms with Gasteiger partial charge in [0.25, 0.3) is 0 Å². The van der Waals surface area contributed by atoms with Gasteiger partial charge in [0, 0.05) is 16.9 Å². The van der Waals surface area contributed by atoms with Gasteiger partial charge in [-0.3, -0.25) is 4.79 Å².